The summed E-state index contributed by atoms with van der Waals surface area (Å²) in [5.41, 5.74) is 11.5. The Kier molecular flexibility index (Phi) is 3.43. The summed E-state index contributed by atoms with van der Waals surface area (Å²) in [4.78, 5) is 17.5. The topological polar surface area (TPSA) is 94.5 Å². The van der Waals surface area contributed by atoms with Crippen LogP contribution in [0.5, 0.6) is 0 Å². The Bertz CT molecular complexity index is 414. The van der Waals surface area contributed by atoms with Gasteiger partial charge in [-0.05, 0) is 12.5 Å². The first-order valence-electron chi connectivity index (χ1n) is 5.56. The van der Waals surface area contributed by atoms with Crippen LogP contribution < -0.4 is 16.4 Å². The van der Waals surface area contributed by atoms with E-state index in [0.717, 1.165) is 31.9 Å². The Morgan fingerprint density at radius 2 is 2.24 bits per heavy atom. The Hall–Kier alpha value is -1.82. The van der Waals surface area contributed by atoms with Gasteiger partial charge in [-0.15, -0.1) is 0 Å². The van der Waals surface area contributed by atoms with Gasteiger partial charge in [0.05, 0.1) is 24.1 Å². The lowest BCUT2D eigenvalue weighted by Gasteiger charge is -2.21. The first kappa shape index (κ1) is 11.7. The highest BCUT2D eigenvalue weighted by Gasteiger charge is 2.14. The summed E-state index contributed by atoms with van der Waals surface area (Å²) < 4.78 is 5.36. The van der Waals surface area contributed by atoms with E-state index in [4.69, 9.17) is 16.2 Å². The van der Waals surface area contributed by atoms with E-state index in [1.54, 1.807) is 6.07 Å². The molecule has 0 atom stereocenters. The molecule has 0 saturated carbocycles. The van der Waals surface area contributed by atoms with Gasteiger partial charge in [0.1, 0.15) is 5.82 Å². The number of hydrogen-bond donors (Lipinski definition) is 2. The average Bonchev–Trinajstić information content (AvgIpc) is 2.58. The van der Waals surface area contributed by atoms with E-state index in [9.17, 15) is 4.79 Å². The molecule has 1 aliphatic rings. The van der Waals surface area contributed by atoms with Gasteiger partial charge in [0, 0.05) is 19.7 Å². The number of nitrogens with two attached hydrogens (primary N) is 2. The second-order valence-electron chi connectivity index (χ2n) is 3.95. The minimum Gasteiger partial charge on any atom is -0.397 e. The van der Waals surface area contributed by atoms with Gasteiger partial charge in [0.15, 0.2) is 0 Å². The van der Waals surface area contributed by atoms with Crippen molar-refractivity contribution in [3.8, 4) is 0 Å². The number of nitrogens with zero attached hydrogens (tertiary/aromatic N) is 2. The molecule has 0 aliphatic carbocycles. The zero-order valence-electron chi connectivity index (χ0n) is 9.56. The minimum absolute atomic E-state index is 0.312. The molecular formula is C11H16N4O2. The number of carbonyl (C=O) groups excluding carboxylic acids is 1. The fourth-order valence-corrected chi connectivity index (χ4v) is 1.82. The molecule has 0 unspecified atom stereocenters. The number of primary amides is 1. The van der Waals surface area contributed by atoms with Crippen LogP contribution in [0.15, 0.2) is 12.3 Å². The molecule has 0 spiro atoms. The van der Waals surface area contributed by atoms with Gasteiger partial charge < -0.3 is 21.1 Å². The highest BCUT2D eigenvalue weighted by molar-refractivity contribution is 5.98. The largest absolute Gasteiger partial charge is 0.397 e. The number of anilines is 2. The molecule has 0 radical (unpaired) electrons. The van der Waals surface area contributed by atoms with Crippen molar-refractivity contribution >= 4 is 17.4 Å². The molecular weight excluding hydrogens is 220 g/mol. The van der Waals surface area contributed by atoms with E-state index in [-0.39, 0.29) is 0 Å². The fourth-order valence-electron chi connectivity index (χ4n) is 1.82. The molecule has 1 amide bonds. The Labute approximate surface area is 99.5 Å². The summed E-state index contributed by atoms with van der Waals surface area (Å²) in [5.74, 6) is 0.190. The maximum atomic E-state index is 11.2. The Morgan fingerprint density at radius 1 is 1.41 bits per heavy atom. The van der Waals surface area contributed by atoms with Crippen LogP contribution in [0.3, 0.4) is 0 Å². The van der Waals surface area contributed by atoms with Crippen molar-refractivity contribution in [1.29, 1.82) is 0 Å². The second-order valence-corrected chi connectivity index (χ2v) is 3.95. The lowest BCUT2D eigenvalue weighted by molar-refractivity contribution is 0.100. The number of ether oxygens (including phenoxy) is 1. The quantitative estimate of drug-likeness (QED) is 0.753. The predicted octanol–water partition coefficient (Wildman–Crippen LogP) is -0.0106. The van der Waals surface area contributed by atoms with E-state index in [1.165, 1.54) is 6.20 Å². The summed E-state index contributed by atoms with van der Waals surface area (Å²) in [6.07, 6.45) is 2.42. The lowest BCUT2D eigenvalue weighted by atomic mass is 10.2. The fraction of sp³-hybridized carbons (Fsp3) is 0.455. The van der Waals surface area contributed by atoms with Crippen molar-refractivity contribution in [3.63, 3.8) is 0 Å². The molecule has 1 aliphatic heterocycles. The molecule has 0 bridgehead atoms. The third-order valence-corrected chi connectivity index (χ3v) is 2.73. The number of amides is 1. The van der Waals surface area contributed by atoms with Crippen molar-refractivity contribution in [1.82, 2.24) is 4.98 Å². The van der Waals surface area contributed by atoms with E-state index >= 15 is 0 Å². The highest BCUT2D eigenvalue weighted by Crippen LogP contribution is 2.18. The van der Waals surface area contributed by atoms with Crippen LogP contribution in [-0.2, 0) is 4.74 Å². The van der Waals surface area contributed by atoms with Crippen molar-refractivity contribution in [3.05, 3.63) is 17.8 Å². The summed E-state index contributed by atoms with van der Waals surface area (Å²) >= 11 is 0. The first-order chi connectivity index (χ1) is 8.18. The van der Waals surface area contributed by atoms with Crippen LogP contribution in [0.25, 0.3) is 0 Å². The standard InChI is InChI=1S/C11H16N4O2/c12-9-7-14-10(6-8(9)11(13)16)15-2-1-4-17-5-3-15/h6-7H,1-5,12H2,(H2,13,16). The van der Waals surface area contributed by atoms with E-state index < -0.39 is 5.91 Å². The molecule has 4 N–H and O–H groups in total. The summed E-state index contributed by atoms with van der Waals surface area (Å²) in [6, 6.07) is 1.64. The first-order valence-corrected chi connectivity index (χ1v) is 5.56. The summed E-state index contributed by atoms with van der Waals surface area (Å²) in [6.45, 7) is 3.04. The van der Waals surface area contributed by atoms with Crippen LogP contribution in [0.2, 0.25) is 0 Å². The molecule has 6 nitrogen and oxygen atoms in total. The van der Waals surface area contributed by atoms with Gasteiger partial charge in [-0.25, -0.2) is 4.98 Å². The third kappa shape index (κ3) is 2.65. The molecule has 2 heterocycles. The van der Waals surface area contributed by atoms with Gasteiger partial charge in [-0.2, -0.15) is 0 Å². The Balaban J connectivity index is 2.25. The van der Waals surface area contributed by atoms with E-state index in [1.807, 2.05) is 0 Å². The molecule has 17 heavy (non-hydrogen) atoms. The molecule has 92 valence electrons. The zero-order valence-corrected chi connectivity index (χ0v) is 9.56. The van der Waals surface area contributed by atoms with Crippen molar-refractivity contribution in [2.75, 3.05) is 36.9 Å². The second kappa shape index (κ2) is 5.01. The molecule has 1 saturated heterocycles. The van der Waals surface area contributed by atoms with Gasteiger partial charge in [-0.1, -0.05) is 0 Å². The number of hydrogen-bond acceptors (Lipinski definition) is 5. The summed E-state index contributed by atoms with van der Waals surface area (Å²) in [5, 5.41) is 0. The van der Waals surface area contributed by atoms with Crippen molar-refractivity contribution < 1.29 is 9.53 Å². The number of carbonyl (C=O) groups is 1. The van der Waals surface area contributed by atoms with E-state index in [2.05, 4.69) is 9.88 Å². The monoisotopic (exact) mass is 236 g/mol. The maximum Gasteiger partial charge on any atom is 0.250 e. The third-order valence-electron chi connectivity index (χ3n) is 2.73. The maximum absolute atomic E-state index is 11.2. The van der Waals surface area contributed by atoms with Gasteiger partial charge in [0.2, 0.25) is 0 Å². The number of pyridine rings is 1. The normalized spacial score (nSPS) is 16.6. The number of aromatic nitrogens is 1. The summed E-state index contributed by atoms with van der Waals surface area (Å²) in [7, 11) is 0. The van der Waals surface area contributed by atoms with Crippen LogP contribution >= 0.6 is 0 Å². The predicted molar refractivity (Wildman–Crippen MR) is 64.8 cm³/mol. The van der Waals surface area contributed by atoms with Crippen molar-refractivity contribution in [2.45, 2.75) is 6.42 Å². The SMILES string of the molecule is NC(=O)c1cc(N2CCCOCC2)ncc1N. The smallest absolute Gasteiger partial charge is 0.250 e. The van der Waals surface area contributed by atoms with Crippen LogP contribution in [-0.4, -0.2) is 37.2 Å². The van der Waals surface area contributed by atoms with Crippen LogP contribution in [0.4, 0.5) is 11.5 Å². The zero-order chi connectivity index (χ0) is 12.3. The van der Waals surface area contributed by atoms with E-state index in [0.29, 0.717) is 17.9 Å². The van der Waals surface area contributed by atoms with Gasteiger partial charge in [-0.3, -0.25) is 4.79 Å². The molecule has 0 aromatic carbocycles. The van der Waals surface area contributed by atoms with Crippen LogP contribution in [0.1, 0.15) is 16.8 Å². The van der Waals surface area contributed by atoms with Gasteiger partial charge >= 0.3 is 0 Å². The molecule has 6 heteroatoms. The lowest BCUT2D eigenvalue weighted by Crippen LogP contribution is -2.27. The molecule has 1 aromatic heterocycles. The number of nitrogen functional groups attached to an aromatic ring is 1. The molecule has 2 rings (SSSR count). The molecule has 1 fully saturated rings. The van der Waals surface area contributed by atoms with Crippen LogP contribution in [0, 0.1) is 0 Å². The average molecular weight is 236 g/mol. The Morgan fingerprint density at radius 3 is 3.00 bits per heavy atom. The molecule has 1 aromatic rings. The highest BCUT2D eigenvalue weighted by atomic mass is 16.5. The number of rotatable bonds is 2. The van der Waals surface area contributed by atoms with Crippen molar-refractivity contribution in [2.24, 2.45) is 5.73 Å². The minimum atomic E-state index is -0.530. The van der Waals surface area contributed by atoms with Gasteiger partial charge in [0.25, 0.3) is 5.91 Å².